The van der Waals surface area contributed by atoms with Crippen molar-refractivity contribution < 1.29 is 5.11 Å². The van der Waals surface area contributed by atoms with Crippen molar-refractivity contribution in [3.8, 4) is 0 Å². The Kier molecular flexibility index (Phi) is 2.90. The first kappa shape index (κ1) is 9.76. The van der Waals surface area contributed by atoms with Crippen molar-refractivity contribution in [3.05, 3.63) is 32.7 Å². The van der Waals surface area contributed by atoms with E-state index in [4.69, 9.17) is 0 Å². The Balaban J connectivity index is 2.05. The Hall–Kier alpha value is -0.780. The summed E-state index contributed by atoms with van der Waals surface area (Å²) in [7, 11) is 0. The van der Waals surface area contributed by atoms with Crippen LogP contribution < -0.4 is 0 Å². The van der Waals surface area contributed by atoms with E-state index in [1.54, 1.807) is 16.8 Å². The molecule has 0 fully saturated rings. The summed E-state index contributed by atoms with van der Waals surface area (Å²) in [6.07, 6.45) is 0.0244. The van der Waals surface area contributed by atoms with E-state index in [0.717, 1.165) is 16.4 Å². The molecule has 2 aromatic heterocycles. The van der Waals surface area contributed by atoms with Crippen LogP contribution in [-0.4, -0.2) is 15.1 Å². The van der Waals surface area contributed by atoms with Gasteiger partial charge in [0, 0.05) is 17.2 Å². The highest BCUT2D eigenvalue weighted by Gasteiger charge is 2.11. The summed E-state index contributed by atoms with van der Waals surface area (Å²) in [5, 5.41) is 14.7. The van der Waals surface area contributed by atoms with Gasteiger partial charge in [0.2, 0.25) is 0 Å². The predicted molar refractivity (Wildman–Crippen MR) is 57.6 cm³/mol. The summed E-state index contributed by atoms with van der Waals surface area (Å²) in [6, 6.07) is 0. The lowest BCUT2D eigenvalue weighted by Crippen LogP contribution is -2.02. The van der Waals surface area contributed by atoms with Crippen molar-refractivity contribution in [1.82, 2.24) is 9.97 Å². The number of thiazole rings is 2. The third-order valence-corrected chi connectivity index (χ3v) is 3.29. The molecule has 74 valence electrons. The lowest BCUT2D eigenvalue weighted by atomic mass is 10.2. The minimum atomic E-state index is -0.525. The van der Waals surface area contributed by atoms with Crippen LogP contribution in [0.25, 0.3) is 0 Å². The van der Waals surface area contributed by atoms with Gasteiger partial charge in [-0.05, 0) is 6.92 Å². The Bertz CT molecular complexity index is 397. The van der Waals surface area contributed by atoms with Gasteiger partial charge in [-0.25, -0.2) is 9.97 Å². The molecule has 0 bridgehead atoms. The minimum Gasteiger partial charge on any atom is -0.386 e. The van der Waals surface area contributed by atoms with Crippen LogP contribution in [0.1, 0.15) is 22.5 Å². The van der Waals surface area contributed by atoms with E-state index in [-0.39, 0.29) is 0 Å². The van der Waals surface area contributed by atoms with Gasteiger partial charge in [0.15, 0.2) is 0 Å². The molecule has 0 aromatic carbocycles. The molecule has 0 aliphatic rings. The van der Waals surface area contributed by atoms with Crippen molar-refractivity contribution >= 4 is 22.7 Å². The maximum Gasteiger partial charge on any atom is 0.102 e. The second-order valence-corrected chi connectivity index (χ2v) is 4.77. The predicted octanol–water partition coefficient (Wildman–Crippen LogP) is 2.18. The van der Waals surface area contributed by atoms with E-state index < -0.39 is 6.10 Å². The quantitative estimate of drug-likeness (QED) is 0.872. The van der Waals surface area contributed by atoms with Crippen LogP contribution >= 0.6 is 22.7 Å². The zero-order valence-electron chi connectivity index (χ0n) is 7.67. The number of aromatic nitrogens is 2. The Morgan fingerprint density at radius 2 is 2.36 bits per heavy atom. The number of hydrogen-bond acceptors (Lipinski definition) is 5. The molecule has 3 nitrogen and oxygen atoms in total. The fourth-order valence-electron chi connectivity index (χ4n) is 1.19. The zero-order chi connectivity index (χ0) is 9.97. The fraction of sp³-hybridized carbons (Fsp3) is 0.333. The maximum absolute atomic E-state index is 9.78. The van der Waals surface area contributed by atoms with Gasteiger partial charge in [0.1, 0.15) is 6.10 Å². The van der Waals surface area contributed by atoms with Crippen LogP contribution in [0.3, 0.4) is 0 Å². The average molecular weight is 226 g/mol. The summed E-state index contributed by atoms with van der Waals surface area (Å²) in [5.74, 6) is 0. The molecule has 0 spiro atoms. The molecule has 2 aromatic rings. The third-order valence-electron chi connectivity index (χ3n) is 1.86. The van der Waals surface area contributed by atoms with Gasteiger partial charge in [-0.2, -0.15) is 0 Å². The molecule has 0 saturated carbocycles. The summed E-state index contributed by atoms with van der Waals surface area (Å²) >= 11 is 3.10. The molecule has 0 aliphatic heterocycles. The molecule has 0 radical (unpaired) electrons. The van der Waals surface area contributed by atoms with E-state index in [9.17, 15) is 5.11 Å². The van der Waals surface area contributed by atoms with E-state index in [1.807, 2.05) is 17.7 Å². The van der Waals surface area contributed by atoms with Gasteiger partial charge in [-0.3, -0.25) is 0 Å². The van der Waals surface area contributed by atoms with Crippen LogP contribution in [0.4, 0.5) is 0 Å². The van der Waals surface area contributed by atoms with Crippen molar-refractivity contribution in [2.75, 3.05) is 0 Å². The molecule has 1 N–H and O–H groups in total. The van der Waals surface area contributed by atoms with E-state index in [0.29, 0.717) is 6.42 Å². The molecule has 5 heteroatoms. The maximum atomic E-state index is 9.78. The monoisotopic (exact) mass is 226 g/mol. The van der Waals surface area contributed by atoms with Crippen LogP contribution in [0.2, 0.25) is 0 Å². The summed E-state index contributed by atoms with van der Waals surface area (Å²) < 4.78 is 0. The zero-order valence-corrected chi connectivity index (χ0v) is 9.31. The molecular formula is C9H10N2OS2. The summed E-state index contributed by atoms with van der Waals surface area (Å²) in [6.45, 7) is 1.96. The molecule has 0 aliphatic carbocycles. The topological polar surface area (TPSA) is 46.0 Å². The highest BCUT2D eigenvalue weighted by molar-refractivity contribution is 7.09. The highest BCUT2D eigenvalue weighted by Crippen LogP contribution is 2.19. The third kappa shape index (κ3) is 2.17. The number of nitrogens with zero attached hydrogens (tertiary/aromatic N) is 2. The molecule has 0 saturated heterocycles. The molecular weight excluding hydrogens is 216 g/mol. The van der Waals surface area contributed by atoms with Gasteiger partial charge in [0.05, 0.1) is 21.9 Å². The number of aliphatic hydroxyl groups excluding tert-OH is 1. The van der Waals surface area contributed by atoms with E-state index in [1.165, 1.54) is 11.3 Å². The first-order chi connectivity index (χ1) is 6.75. The smallest absolute Gasteiger partial charge is 0.102 e. The van der Waals surface area contributed by atoms with Gasteiger partial charge >= 0.3 is 0 Å². The van der Waals surface area contributed by atoms with Gasteiger partial charge in [-0.1, -0.05) is 0 Å². The second-order valence-electron chi connectivity index (χ2n) is 2.99. The molecule has 2 rings (SSSR count). The van der Waals surface area contributed by atoms with E-state index >= 15 is 0 Å². The molecule has 1 atom stereocenters. The van der Waals surface area contributed by atoms with Gasteiger partial charge in [-0.15, -0.1) is 22.7 Å². The van der Waals surface area contributed by atoms with Crippen molar-refractivity contribution in [1.29, 1.82) is 0 Å². The van der Waals surface area contributed by atoms with Gasteiger partial charge < -0.3 is 5.11 Å². The Morgan fingerprint density at radius 3 is 2.93 bits per heavy atom. The van der Waals surface area contributed by atoms with E-state index in [2.05, 4.69) is 9.97 Å². The van der Waals surface area contributed by atoms with Gasteiger partial charge in [0.25, 0.3) is 0 Å². The number of aryl methyl sites for hydroxylation is 1. The first-order valence-corrected chi connectivity index (χ1v) is 6.05. The number of hydrogen-bond donors (Lipinski definition) is 1. The Labute approximate surface area is 90.1 Å². The molecule has 1 unspecified atom stereocenters. The van der Waals surface area contributed by atoms with Crippen LogP contribution in [0, 0.1) is 6.92 Å². The Morgan fingerprint density at radius 1 is 1.50 bits per heavy atom. The molecule has 14 heavy (non-hydrogen) atoms. The minimum absolute atomic E-state index is 0.525. The normalized spacial score (nSPS) is 13.0. The lowest BCUT2D eigenvalue weighted by Gasteiger charge is -2.04. The number of aliphatic hydroxyl groups is 1. The fourth-order valence-corrected chi connectivity index (χ4v) is 2.42. The SMILES string of the molecule is Cc1nc(CC(O)c2cscn2)cs1. The van der Waals surface area contributed by atoms with Crippen molar-refractivity contribution in [2.24, 2.45) is 0 Å². The standard InChI is InChI=1S/C9H10N2OS2/c1-6-11-7(3-14-6)2-9(12)8-4-13-5-10-8/h3-5,9,12H,2H2,1H3. The summed E-state index contributed by atoms with van der Waals surface area (Å²) in [4.78, 5) is 8.36. The average Bonchev–Trinajstić information content (AvgIpc) is 2.75. The largest absolute Gasteiger partial charge is 0.386 e. The number of rotatable bonds is 3. The molecule has 0 amide bonds. The van der Waals surface area contributed by atoms with Crippen LogP contribution in [0.5, 0.6) is 0 Å². The van der Waals surface area contributed by atoms with Crippen LogP contribution in [-0.2, 0) is 6.42 Å². The summed E-state index contributed by atoms with van der Waals surface area (Å²) in [5.41, 5.74) is 3.40. The molecule has 2 heterocycles. The lowest BCUT2D eigenvalue weighted by molar-refractivity contribution is 0.173. The highest BCUT2D eigenvalue weighted by atomic mass is 32.1. The van der Waals surface area contributed by atoms with Crippen molar-refractivity contribution in [3.63, 3.8) is 0 Å². The van der Waals surface area contributed by atoms with Crippen molar-refractivity contribution in [2.45, 2.75) is 19.4 Å². The first-order valence-electron chi connectivity index (χ1n) is 4.23. The second kappa shape index (κ2) is 4.16. The van der Waals surface area contributed by atoms with Crippen LogP contribution in [0.15, 0.2) is 16.3 Å².